The summed E-state index contributed by atoms with van der Waals surface area (Å²) in [6, 6.07) is 12.3. The van der Waals surface area contributed by atoms with Crippen LogP contribution in [-0.2, 0) is 0 Å². The largest absolute Gasteiger partial charge is 0.478 e. The van der Waals surface area contributed by atoms with Crippen molar-refractivity contribution in [2.75, 3.05) is 0 Å². The maximum Gasteiger partial charge on any atom is 0.335 e. The second kappa shape index (κ2) is 4.90. The molecule has 0 radical (unpaired) electrons. The molecule has 0 aliphatic carbocycles. The normalized spacial score (nSPS) is 10.2. The van der Waals surface area contributed by atoms with Crippen molar-refractivity contribution in [3.05, 3.63) is 57.5 Å². The van der Waals surface area contributed by atoms with Crippen molar-refractivity contribution in [1.82, 2.24) is 0 Å². The van der Waals surface area contributed by atoms with E-state index in [1.807, 2.05) is 18.2 Å². The van der Waals surface area contributed by atoms with Crippen molar-refractivity contribution in [1.29, 1.82) is 0 Å². The van der Waals surface area contributed by atoms with Crippen LogP contribution in [0.15, 0.2) is 46.9 Å². The van der Waals surface area contributed by atoms with Crippen molar-refractivity contribution in [3.8, 4) is 11.1 Å². The number of halogens is 2. The molecule has 0 bridgehead atoms. The van der Waals surface area contributed by atoms with Gasteiger partial charge in [-0.1, -0.05) is 39.7 Å². The molecule has 2 aromatic rings. The molecule has 0 aromatic heterocycles. The fraction of sp³-hybridized carbons (Fsp3) is 0. The number of carboxylic acids is 1. The van der Waals surface area contributed by atoms with Crippen LogP contribution in [0.4, 0.5) is 0 Å². The Morgan fingerprint density at radius 2 is 1.88 bits per heavy atom. The van der Waals surface area contributed by atoms with Gasteiger partial charge >= 0.3 is 5.97 Å². The molecular weight excluding hydrogens is 303 g/mol. The number of hydrogen-bond donors (Lipinski definition) is 1. The summed E-state index contributed by atoms with van der Waals surface area (Å²) in [6.07, 6.45) is 0. The van der Waals surface area contributed by atoms with Crippen molar-refractivity contribution in [3.63, 3.8) is 0 Å². The Morgan fingerprint density at radius 3 is 2.53 bits per heavy atom. The van der Waals surface area contributed by atoms with Crippen molar-refractivity contribution < 1.29 is 9.90 Å². The van der Waals surface area contributed by atoms with Crippen LogP contribution in [0.25, 0.3) is 11.1 Å². The molecule has 17 heavy (non-hydrogen) atoms. The van der Waals surface area contributed by atoms with Gasteiger partial charge in [0.15, 0.2) is 0 Å². The first kappa shape index (κ1) is 12.1. The number of rotatable bonds is 2. The van der Waals surface area contributed by atoms with Gasteiger partial charge in [0.2, 0.25) is 0 Å². The lowest BCUT2D eigenvalue weighted by atomic mass is 10.0. The third-order valence-corrected chi connectivity index (χ3v) is 3.00. The molecule has 1 N–H and O–H groups in total. The molecule has 86 valence electrons. The molecule has 0 heterocycles. The van der Waals surface area contributed by atoms with E-state index in [4.69, 9.17) is 16.7 Å². The summed E-state index contributed by atoms with van der Waals surface area (Å²) in [5.41, 5.74) is 1.95. The molecule has 0 spiro atoms. The van der Waals surface area contributed by atoms with Gasteiger partial charge in [-0.2, -0.15) is 0 Å². The fourth-order valence-electron chi connectivity index (χ4n) is 1.55. The molecule has 0 atom stereocenters. The van der Waals surface area contributed by atoms with Crippen LogP contribution in [0, 0.1) is 0 Å². The Kier molecular flexibility index (Phi) is 3.50. The summed E-state index contributed by atoms with van der Waals surface area (Å²) in [7, 11) is 0. The van der Waals surface area contributed by atoms with E-state index in [1.165, 1.54) is 0 Å². The van der Waals surface area contributed by atoms with Crippen LogP contribution in [0.1, 0.15) is 10.4 Å². The van der Waals surface area contributed by atoms with Crippen LogP contribution in [-0.4, -0.2) is 11.1 Å². The van der Waals surface area contributed by atoms with Gasteiger partial charge in [0.1, 0.15) is 0 Å². The molecule has 2 aromatic carbocycles. The molecule has 0 saturated carbocycles. The minimum Gasteiger partial charge on any atom is -0.478 e. The highest BCUT2D eigenvalue weighted by atomic mass is 79.9. The van der Waals surface area contributed by atoms with Crippen LogP contribution in [0.5, 0.6) is 0 Å². The SMILES string of the molecule is O=C(O)c1cc(Br)cc(-c2cccc(Cl)c2)c1. The lowest BCUT2D eigenvalue weighted by Gasteiger charge is -2.05. The minimum atomic E-state index is -0.949. The van der Waals surface area contributed by atoms with E-state index in [2.05, 4.69) is 15.9 Å². The first-order valence-electron chi connectivity index (χ1n) is 4.86. The van der Waals surface area contributed by atoms with E-state index in [9.17, 15) is 4.79 Å². The van der Waals surface area contributed by atoms with E-state index in [0.717, 1.165) is 15.6 Å². The first-order chi connectivity index (χ1) is 8.06. The summed E-state index contributed by atoms with van der Waals surface area (Å²) in [4.78, 5) is 11.0. The highest BCUT2D eigenvalue weighted by Gasteiger charge is 2.07. The predicted octanol–water partition coefficient (Wildman–Crippen LogP) is 4.47. The third-order valence-electron chi connectivity index (χ3n) is 2.30. The van der Waals surface area contributed by atoms with Crippen molar-refractivity contribution in [2.24, 2.45) is 0 Å². The van der Waals surface area contributed by atoms with Crippen LogP contribution < -0.4 is 0 Å². The topological polar surface area (TPSA) is 37.3 Å². The minimum absolute atomic E-state index is 0.245. The Hall–Kier alpha value is -1.32. The molecular formula is C13H8BrClO2. The van der Waals surface area contributed by atoms with E-state index in [-0.39, 0.29) is 5.56 Å². The van der Waals surface area contributed by atoms with Gasteiger partial charge in [0.05, 0.1) is 5.56 Å². The summed E-state index contributed by atoms with van der Waals surface area (Å²) in [5.74, 6) is -0.949. The monoisotopic (exact) mass is 310 g/mol. The predicted molar refractivity (Wildman–Crippen MR) is 71.5 cm³/mol. The van der Waals surface area contributed by atoms with Gasteiger partial charge in [-0.15, -0.1) is 0 Å². The smallest absolute Gasteiger partial charge is 0.335 e. The Labute approximate surface area is 112 Å². The second-order valence-electron chi connectivity index (χ2n) is 3.54. The van der Waals surface area contributed by atoms with E-state index < -0.39 is 5.97 Å². The quantitative estimate of drug-likeness (QED) is 0.888. The maximum absolute atomic E-state index is 11.0. The summed E-state index contributed by atoms with van der Waals surface area (Å²) in [5, 5.41) is 9.61. The average Bonchev–Trinajstić information content (AvgIpc) is 2.28. The molecule has 0 amide bonds. The molecule has 2 nitrogen and oxygen atoms in total. The molecule has 4 heteroatoms. The van der Waals surface area contributed by atoms with Gasteiger partial charge in [0.25, 0.3) is 0 Å². The van der Waals surface area contributed by atoms with Gasteiger partial charge in [-0.05, 0) is 41.5 Å². The highest BCUT2D eigenvalue weighted by Crippen LogP contribution is 2.27. The van der Waals surface area contributed by atoms with Crippen molar-refractivity contribution >= 4 is 33.5 Å². The van der Waals surface area contributed by atoms with Gasteiger partial charge in [-0.3, -0.25) is 0 Å². The summed E-state index contributed by atoms with van der Waals surface area (Å²) < 4.78 is 0.729. The molecule has 0 aliphatic rings. The third kappa shape index (κ3) is 2.87. The molecule has 0 aliphatic heterocycles. The van der Waals surface area contributed by atoms with Gasteiger partial charge in [-0.25, -0.2) is 4.79 Å². The lowest BCUT2D eigenvalue weighted by molar-refractivity contribution is 0.0697. The summed E-state index contributed by atoms with van der Waals surface area (Å²) >= 11 is 9.21. The zero-order valence-electron chi connectivity index (χ0n) is 8.65. The van der Waals surface area contributed by atoms with Crippen LogP contribution in [0.3, 0.4) is 0 Å². The number of carboxylic acid groups (broad SMARTS) is 1. The standard InChI is InChI=1S/C13H8BrClO2/c14-11-5-9(4-10(6-11)13(16)17)8-2-1-3-12(15)7-8/h1-7H,(H,16,17). The van der Waals surface area contributed by atoms with Gasteiger partial charge in [0, 0.05) is 9.50 Å². The molecule has 0 unspecified atom stereocenters. The first-order valence-corrected chi connectivity index (χ1v) is 6.03. The maximum atomic E-state index is 11.0. The zero-order chi connectivity index (χ0) is 12.4. The Morgan fingerprint density at radius 1 is 1.12 bits per heavy atom. The fourth-order valence-corrected chi connectivity index (χ4v) is 2.23. The van der Waals surface area contributed by atoms with Crippen LogP contribution >= 0.6 is 27.5 Å². The Bertz CT molecular complexity index is 581. The molecule has 0 fully saturated rings. The Balaban J connectivity index is 2.56. The van der Waals surface area contributed by atoms with E-state index >= 15 is 0 Å². The van der Waals surface area contributed by atoms with Gasteiger partial charge < -0.3 is 5.11 Å². The highest BCUT2D eigenvalue weighted by molar-refractivity contribution is 9.10. The second-order valence-corrected chi connectivity index (χ2v) is 4.90. The molecule has 2 rings (SSSR count). The van der Waals surface area contributed by atoms with Crippen molar-refractivity contribution in [2.45, 2.75) is 0 Å². The lowest BCUT2D eigenvalue weighted by Crippen LogP contribution is -1.96. The number of benzene rings is 2. The zero-order valence-corrected chi connectivity index (χ0v) is 11.0. The number of carbonyl (C=O) groups is 1. The molecule has 0 saturated heterocycles. The van der Waals surface area contributed by atoms with E-state index in [0.29, 0.717) is 5.02 Å². The summed E-state index contributed by atoms with van der Waals surface area (Å²) in [6.45, 7) is 0. The number of hydrogen-bond acceptors (Lipinski definition) is 1. The van der Waals surface area contributed by atoms with E-state index in [1.54, 1.807) is 24.3 Å². The van der Waals surface area contributed by atoms with Crippen LogP contribution in [0.2, 0.25) is 5.02 Å². The number of aromatic carboxylic acids is 1. The average molecular weight is 312 g/mol.